The average molecular weight is 267 g/mol. The van der Waals surface area contributed by atoms with Crippen molar-refractivity contribution in [2.24, 2.45) is 5.73 Å². The smallest absolute Gasteiger partial charge is 0.225 e. The minimum atomic E-state index is 0.151. The highest BCUT2D eigenvalue weighted by molar-refractivity contribution is 5.25. The fourth-order valence-corrected chi connectivity index (χ4v) is 2.44. The molecule has 6 N–H and O–H groups in total. The molecule has 2 heterocycles. The van der Waals surface area contributed by atoms with E-state index in [1.807, 2.05) is 0 Å². The minimum absolute atomic E-state index is 0.151. The van der Waals surface area contributed by atoms with Crippen LogP contribution in [0.2, 0.25) is 0 Å². The summed E-state index contributed by atoms with van der Waals surface area (Å²) < 4.78 is 5.40. The van der Waals surface area contributed by atoms with Crippen molar-refractivity contribution in [2.75, 3.05) is 31.7 Å². The van der Waals surface area contributed by atoms with Gasteiger partial charge in [-0.05, 0) is 12.8 Å². The third kappa shape index (κ3) is 3.49. The molecule has 8 heteroatoms. The van der Waals surface area contributed by atoms with Crippen molar-refractivity contribution in [1.29, 1.82) is 0 Å². The quantitative estimate of drug-likeness (QED) is 0.631. The summed E-state index contributed by atoms with van der Waals surface area (Å²) in [6, 6.07) is 0.262. The summed E-state index contributed by atoms with van der Waals surface area (Å²) in [6.45, 7) is 2.05. The van der Waals surface area contributed by atoms with Gasteiger partial charge in [-0.2, -0.15) is 15.0 Å². The van der Waals surface area contributed by atoms with Gasteiger partial charge in [0.2, 0.25) is 11.9 Å². The Kier molecular flexibility index (Phi) is 4.46. The van der Waals surface area contributed by atoms with Crippen LogP contribution in [0.25, 0.3) is 0 Å². The average Bonchev–Trinajstić information content (AvgIpc) is 2.38. The molecule has 0 aromatic carbocycles. The van der Waals surface area contributed by atoms with Crippen LogP contribution in [-0.2, 0) is 11.3 Å². The highest BCUT2D eigenvalue weighted by Crippen LogP contribution is 2.20. The molecule has 1 aromatic rings. The second kappa shape index (κ2) is 6.09. The highest BCUT2D eigenvalue weighted by atomic mass is 16.5. The van der Waals surface area contributed by atoms with Crippen LogP contribution in [0.5, 0.6) is 0 Å². The van der Waals surface area contributed by atoms with E-state index in [-0.39, 0.29) is 24.0 Å². The van der Waals surface area contributed by atoms with E-state index in [9.17, 15) is 0 Å². The van der Waals surface area contributed by atoms with Crippen LogP contribution in [0.1, 0.15) is 18.7 Å². The van der Waals surface area contributed by atoms with E-state index >= 15 is 0 Å². The van der Waals surface area contributed by atoms with Gasteiger partial charge in [0, 0.05) is 26.2 Å². The van der Waals surface area contributed by atoms with Gasteiger partial charge in [-0.25, -0.2) is 0 Å². The van der Waals surface area contributed by atoms with Crippen LogP contribution in [0.4, 0.5) is 11.9 Å². The number of anilines is 2. The first-order valence-corrected chi connectivity index (χ1v) is 6.35. The van der Waals surface area contributed by atoms with Crippen LogP contribution >= 0.6 is 0 Å². The Morgan fingerprint density at radius 3 is 2.53 bits per heavy atom. The van der Waals surface area contributed by atoms with Gasteiger partial charge in [-0.3, -0.25) is 4.90 Å². The molecule has 2 unspecified atom stereocenters. The Bertz CT molecular complexity index is 407. The van der Waals surface area contributed by atoms with E-state index in [4.69, 9.17) is 21.9 Å². The predicted octanol–water partition coefficient (Wildman–Crippen LogP) is -1.03. The monoisotopic (exact) mass is 267 g/mol. The van der Waals surface area contributed by atoms with E-state index < -0.39 is 0 Å². The molecule has 1 fully saturated rings. The predicted molar refractivity (Wildman–Crippen MR) is 71.9 cm³/mol. The molecule has 1 aliphatic heterocycles. The number of aromatic nitrogens is 3. The number of likely N-dealkylation sites (tertiary alicyclic amines) is 1. The Morgan fingerprint density at radius 2 is 1.95 bits per heavy atom. The lowest BCUT2D eigenvalue weighted by Crippen LogP contribution is -2.48. The summed E-state index contributed by atoms with van der Waals surface area (Å²) in [5.41, 5.74) is 17.0. The molecule has 1 aromatic heterocycles. The van der Waals surface area contributed by atoms with Crippen molar-refractivity contribution in [3.8, 4) is 0 Å². The fourth-order valence-electron chi connectivity index (χ4n) is 2.44. The molecule has 1 saturated heterocycles. The zero-order valence-electron chi connectivity index (χ0n) is 11.1. The van der Waals surface area contributed by atoms with Crippen LogP contribution in [0.3, 0.4) is 0 Å². The second-order valence-electron chi connectivity index (χ2n) is 4.71. The van der Waals surface area contributed by atoms with Gasteiger partial charge in [0.15, 0.2) is 0 Å². The zero-order chi connectivity index (χ0) is 13.8. The maximum absolute atomic E-state index is 5.82. The van der Waals surface area contributed by atoms with E-state index in [2.05, 4.69) is 19.9 Å². The number of ether oxygens (including phenoxy) is 1. The van der Waals surface area contributed by atoms with Gasteiger partial charge in [0.25, 0.3) is 0 Å². The van der Waals surface area contributed by atoms with Gasteiger partial charge in [0.05, 0.1) is 12.6 Å². The minimum Gasteiger partial charge on any atom is -0.381 e. The lowest BCUT2D eigenvalue weighted by molar-refractivity contribution is 0.00931. The number of hydrogen-bond donors (Lipinski definition) is 3. The van der Waals surface area contributed by atoms with Gasteiger partial charge in [0.1, 0.15) is 5.82 Å². The number of methoxy groups -OCH3 is 1. The Hall–Kier alpha value is -1.51. The first kappa shape index (κ1) is 13.9. The molecule has 0 radical (unpaired) electrons. The molecule has 106 valence electrons. The lowest BCUT2D eigenvalue weighted by atomic mass is 9.99. The summed E-state index contributed by atoms with van der Waals surface area (Å²) in [4.78, 5) is 14.2. The number of piperidine rings is 1. The largest absolute Gasteiger partial charge is 0.381 e. The van der Waals surface area contributed by atoms with Gasteiger partial charge in [-0.1, -0.05) is 0 Å². The molecule has 0 spiro atoms. The van der Waals surface area contributed by atoms with Crippen LogP contribution < -0.4 is 17.2 Å². The SMILES string of the molecule is COC1CCN(Cc2nc(N)nc(N)n2)C(CN)C1. The molecule has 2 rings (SSSR count). The molecule has 8 nitrogen and oxygen atoms in total. The van der Waals surface area contributed by atoms with Crippen molar-refractivity contribution in [2.45, 2.75) is 31.5 Å². The topological polar surface area (TPSA) is 129 Å². The van der Waals surface area contributed by atoms with Gasteiger partial charge >= 0.3 is 0 Å². The normalized spacial score (nSPS) is 24.5. The van der Waals surface area contributed by atoms with Crippen LogP contribution in [0.15, 0.2) is 0 Å². The molecule has 0 bridgehead atoms. The van der Waals surface area contributed by atoms with Gasteiger partial charge in [-0.15, -0.1) is 0 Å². The number of nitrogens with two attached hydrogens (primary N) is 3. The molecule has 0 aliphatic carbocycles. The van der Waals surface area contributed by atoms with Crippen molar-refractivity contribution in [1.82, 2.24) is 19.9 Å². The number of nitrogens with zero attached hydrogens (tertiary/aromatic N) is 4. The first-order valence-electron chi connectivity index (χ1n) is 6.35. The van der Waals surface area contributed by atoms with Crippen molar-refractivity contribution in [3.05, 3.63) is 5.82 Å². The Labute approximate surface area is 112 Å². The van der Waals surface area contributed by atoms with Crippen LogP contribution in [0, 0.1) is 0 Å². The summed E-state index contributed by atoms with van der Waals surface area (Å²) in [7, 11) is 1.74. The van der Waals surface area contributed by atoms with E-state index in [0.29, 0.717) is 18.9 Å². The third-order valence-electron chi connectivity index (χ3n) is 3.46. The standard InChI is InChI=1S/C11H21N7O/c1-19-8-2-3-18(7(4-8)5-12)6-9-15-10(13)17-11(14)16-9/h7-8H,2-6,12H2,1H3,(H4,13,14,15,16,17). The first-order chi connectivity index (χ1) is 9.12. The maximum Gasteiger partial charge on any atom is 0.225 e. The van der Waals surface area contributed by atoms with Crippen molar-refractivity contribution >= 4 is 11.9 Å². The Morgan fingerprint density at radius 1 is 1.26 bits per heavy atom. The van der Waals surface area contributed by atoms with E-state index in [1.54, 1.807) is 7.11 Å². The second-order valence-corrected chi connectivity index (χ2v) is 4.71. The molecule has 0 amide bonds. The summed E-state index contributed by atoms with van der Waals surface area (Å²) >= 11 is 0. The molecular formula is C11H21N7O. The van der Waals surface area contributed by atoms with Gasteiger partial charge < -0.3 is 21.9 Å². The lowest BCUT2D eigenvalue weighted by Gasteiger charge is -2.37. The number of nitrogen functional groups attached to an aromatic ring is 2. The third-order valence-corrected chi connectivity index (χ3v) is 3.46. The summed E-state index contributed by atoms with van der Waals surface area (Å²) in [5.74, 6) is 0.886. The molecule has 19 heavy (non-hydrogen) atoms. The molecule has 2 atom stereocenters. The van der Waals surface area contributed by atoms with E-state index in [1.165, 1.54) is 0 Å². The van der Waals surface area contributed by atoms with Crippen molar-refractivity contribution < 1.29 is 4.74 Å². The number of hydrogen-bond acceptors (Lipinski definition) is 8. The molecular weight excluding hydrogens is 246 g/mol. The van der Waals surface area contributed by atoms with Crippen LogP contribution in [-0.4, -0.2) is 52.2 Å². The molecule has 1 aliphatic rings. The summed E-state index contributed by atoms with van der Waals surface area (Å²) in [5, 5.41) is 0. The maximum atomic E-state index is 5.82. The number of rotatable bonds is 4. The Balaban J connectivity index is 2.05. The fraction of sp³-hybridized carbons (Fsp3) is 0.727. The molecule has 0 saturated carbocycles. The zero-order valence-corrected chi connectivity index (χ0v) is 11.1. The summed E-state index contributed by atoms with van der Waals surface area (Å²) in [6.07, 6.45) is 2.17. The van der Waals surface area contributed by atoms with Crippen molar-refractivity contribution in [3.63, 3.8) is 0 Å². The van der Waals surface area contributed by atoms with E-state index in [0.717, 1.165) is 19.4 Å². The highest BCUT2D eigenvalue weighted by Gasteiger charge is 2.28.